The minimum atomic E-state index is -0.151. The topological polar surface area (TPSA) is 37.3 Å². The molecular formula is C23H26INO2. The average molecular weight is 475 g/mol. The third-order valence-electron chi connectivity index (χ3n) is 6.35. The molecule has 2 atom stereocenters. The third-order valence-corrected chi connectivity index (χ3v) is 6.35. The Morgan fingerprint density at radius 2 is 1.85 bits per heavy atom. The standard InChI is InChI=1S/C23H25NO2.HI/c1-24(2)12-11-23(18-9-6-10-19(25)14-18)15-21(24)20(22(26)16-23)13-17-7-4-3-5-8-17;/h3-10,13-14,21H,11-12,15-16H2,1-2H3;1H/b20-13+;. The molecule has 3 nitrogen and oxygen atoms in total. The number of hydrogen-bond acceptors (Lipinski definition) is 2. The summed E-state index contributed by atoms with van der Waals surface area (Å²) in [6, 6.07) is 17.8. The Balaban J connectivity index is 0.00000210. The number of carbonyl (C=O) groups is 1. The van der Waals surface area contributed by atoms with Crippen LogP contribution in [0.1, 0.15) is 30.4 Å². The number of likely N-dealkylation sites (tertiary alicyclic amines) is 1. The number of hydrogen-bond donors (Lipinski definition) is 1. The number of nitrogens with zero attached hydrogens (tertiary/aromatic N) is 1. The molecule has 2 aliphatic rings. The van der Waals surface area contributed by atoms with Crippen molar-refractivity contribution in [2.45, 2.75) is 30.7 Å². The number of aromatic hydroxyl groups is 1. The highest BCUT2D eigenvalue weighted by molar-refractivity contribution is 6.02. The van der Waals surface area contributed by atoms with Gasteiger partial charge in [-0.1, -0.05) is 42.5 Å². The Hall–Kier alpha value is -1.66. The molecule has 2 aromatic rings. The molecule has 1 saturated heterocycles. The zero-order chi connectivity index (χ0) is 18.4. The van der Waals surface area contributed by atoms with E-state index in [9.17, 15) is 9.90 Å². The highest BCUT2D eigenvalue weighted by atomic mass is 127. The van der Waals surface area contributed by atoms with Crippen LogP contribution in [0.2, 0.25) is 0 Å². The smallest absolute Gasteiger partial charge is 0.165 e. The van der Waals surface area contributed by atoms with E-state index in [1.807, 2.05) is 30.3 Å². The number of halogens is 1. The van der Waals surface area contributed by atoms with Gasteiger partial charge in [0.1, 0.15) is 11.8 Å². The van der Waals surface area contributed by atoms with Crippen LogP contribution in [0.25, 0.3) is 6.08 Å². The number of Topliss-reactive ketones (excluding diaryl/α,β-unsaturated/α-hetero) is 1. The highest BCUT2D eigenvalue weighted by Crippen LogP contribution is 2.49. The van der Waals surface area contributed by atoms with Gasteiger partial charge in [0.05, 0.1) is 26.2 Å². The van der Waals surface area contributed by atoms with Gasteiger partial charge in [-0.25, -0.2) is 0 Å². The van der Waals surface area contributed by atoms with Gasteiger partial charge in [-0.2, -0.15) is 0 Å². The van der Waals surface area contributed by atoms with Gasteiger partial charge in [0.25, 0.3) is 0 Å². The van der Waals surface area contributed by atoms with Crippen LogP contribution in [0.3, 0.4) is 0 Å². The molecule has 1 saturated carbocycles. The summed E-state index contributed by atoms with van der Waals surface area (Å²) >= 11 is 0. The van der Waals surface area contributed by atoms with Crippen molar-refractivity contribution in [2.75, 3.05) is 20.6 Å². The van der Waals surface area contributed by atoms with Gasteiger partial charge in [0.15, 0.2) is 5.78 Å². The molecule has 1 aliphatic heterocycles. The summed E-state index contributed by atoms with van der Waals surface area (Å²) in [6.45, 7) is 1.03. The van der Waals surface area contributed by atoms with E-state index in [1.54, 1.807) is 6.07 Å². The van der Waals surface area contributed by atoms with Crippen LogP contribution in [0.15, 0.2) is 60.2 Å². The molecule has 2 aromatic carbocycles. The van der Waals surface area contributed by atoms with Crippen molar-refractivity contribution in [3.8, 4) is 5.75 Å². The van der Waals surface area contributed by atoms with Gasteiger partial charge < -0.3 is 33.6 Å². The number of benzene rings is 2. The number of phenolic OH excluding ortho intramolecular Hbond substituents is 1. The van der Waals surface area contributed by atoms with Crippen molar-refractivity contribution in [3.63, 3.8) is 0 Å². The van der Waals surface area contributed by atoms with Crippen LogP contribution < -0.4 is 24.0 Å². The van der Waals surface area contributed by atoms with Gasteiger partial charge in [-0.15, -0.1) is 0 Å². The largest absolute Gasteiger partial charge is 1.00 e. The van der Waals surface area contributed by atoms with E-state index >= 15 is 0 Å². The number of rotatable bonds is 2. The van der Waals surface area contributed by atoms with Crippen LogP contribution in [0.5, 0.6) is 5.75 Å². The molecule has 2 bridgehead atoms. The summed E-state index contributed by atoms with van der Waals surface area (Å²) in [4.78, 5) is 13.2. The maximum atomic E-state index is 13.2. The SMILES string of the molecule is C[N+]1(C)CCC2(c3cccc(O)c3)CC(=O)/C(=C/c3ccccc3)C1C2.[I-]. The first-order valence-corrected chi connectivity index (χ1v) is 9.32. The van der Waals surface area contributed by atoms with E-state index in [-0.39, 0.29) is 47.0 Å². The van der Waals surface area contributed by atoms with Gasteiger partial charge >= 0.3 is 0 Å². The molecule has 1 N–H and O–H groups in total. The number of carbonyl (C=O) groups excluding carboxylic acids is 1. The third kappa shape index (κ3) is 3.69. The minimum Gasteiger partial charge on any atom is -1.00 e. The van der Waals surface area contributed by atoms with Crippen molar-refractivity contribution in [1.82, 2.24) is 0 Å². The summed E-state index contributed by atoms with van der Waals surface area (Å²) in [6.07, 6.45) is 4.55. The van der Waals surface area contributed by atoms with Crippen LogP contribution in [0.4, 0.5) is 0 Å². The summed E-state index contributed by atoms with van der Waals surface area (Å²) in [5.74, 6) is 0.533. The molecule has 0 radical (unpaired) electrons. The van der Waals surface area contributed by atoms with E-state index in [2.05, 4.69) is 38.4 Å². The van der Waals surface area contributed by atoms with E-state index in [1.165, 1.54) is 0 Å². The fraction of sp³-hybridized carbons (Fsp3) is 0.348. The number of piperidine rings is 1. The second-order valence-electron chi connectivity index (χ2n) is 8.41. The van der Waals surface area contributed by atoms with Gasteiger partial charge in [0, 0.05) is 24.7 Å². The van der Waals surface area contributed by atoms with Crippen molar-refractivity contribution in [2.24, 2.45) is 0 Å². The predicted octanol–water partition coefficient (Wildman–Crippen LogP) is 0.929. The fourth-order valence-corrected chi connectivity index (χ4v) is 4.73. The number of ketones is 1. The zero-order valence-corrected chi connectivity index (χ0v) is 18.0. The molecule has 0 aromatic heterocycles. The Morgan fingerprint density at radius 1 is 1.11 bits per heavy atom. The van der Waals surface area contributed by atoms with E-state index in [4.69, 9.17) is 0 Å². The highest BCUT2D eigenvalue weighted by Gasteiger charge is 2.53. The maximum Gasteiger partial charge on any atom is 0.165 e. The van der Waals surface area contributed by atoms with Crippen LogP contribution in [-0.4, -0.2) is 42.1 Å². The number of phenols is 1. The molecule has 1 heterocycles. The first kappa shape index (κ1) is 20.1. The van der Waals surface area contributed by atoms with Gasteiger partial charge in [-0.05, 0) is 29.3 Å². The summed E-state index contributed by atoms with van der Waals surface area (Å²) < 4.78 is 0.838. The Bertz CT molecular complexity index is 875. The first-order chi connectivity index (χ1) is 12.4. The molecular weight excluding hydrogens is 449 g/mol. The molecule has 4 rings (SSSR count). The second-order valence-corrected chi connectivity index (χ2v) is 8.41. The lowest BCUT2D eigenvalue weighted by molar-refractivity contribution is -0.916. The average Bonchev–Trinajstić information content (AvgIpc) is 2.62. The fourth-order valence-electron chi connectivity index (χ4n) is 4.73. The quantitative estimate of drug-likeness (QED) is 0.399. The molecule has 0 amide bonds. The van der Waals surface area contributed by atoms with E-state index in [0.717, 1.165) is 40.6 Å². The molecule has 1 aliphatic carbocycles. The van der Waals surface area contributed by atoms with Crippen LogP contribution in [-0.2, 0) is 10.2 Å². The maximum absolute atomic E-state index is 13.2. The Morgan fingerprint density at radius 3 is 2.56 bits per heavy atom. The lowest BCUT2D eigenvalue weighted by Gasteiger charge is -2.53. The lowest BCUT2D eigenvalue weighted by atomic mass is 9.61. The Kier molecular flexibility index (Phi) is 5.50. The van der Waals surface area contributed by atoms with Crippen LogP contribution >= 0.6 is 0 Å². The molecule has 2 fully saturated rings. The van der Waals surface area contributed by atoms with Crippen molar-refractivity contribution in [3.05, 3.63) is 71.3 Å². The lowest BCUT2D eigenvalue weighted by Crippen LogP contribution is -3.00. The number of likely N-dealkylation sites (N-methyl/N-ethyl adjacent to an activating group) is 1. The zero-order valence-electron chi connectivity index (χ0n) is 15.9. The molecule has 2 unspecified atom stereocenters. The van der Waals surface area contributed by atoms with Crippen molar-refractivity contribution < 1.29 is 38.4 Å². The monoisotopic (exact) mass is 475 g/mol. The summed E-state index contributed by atoms with van der Waals surface area (Å²) in [5.41, 5.74) is 3.00. The summed E-state index contributed by atoms with van der Waals surface area (Å²) in [5, 5.41) is 9.95. The number of fused-ring (bicyclic) bond motifs is 2. The number of quaternary nitrogens is 1. The van der Waals surface area contributed by atoms with Crippen molar-refractivity contribution in [1.29, 1.82) is 0 Å². The second kappa shape index (κ2) is 7.40. The van der Waals surface area contributed by atoms with E-state index in [0.29, 0.717) is 6.42 Å². The normalized spacial score (nSPS) is 27.9. The van der Waals surface area contributed by atoms with Crippen molar-refractivity contribution >= 4 is 11.9 Å². The van der Waals surface area contributed by atoms with Gasteiger partial charge in [0.2, 0.25) is 0 Å². The Labute approximate surface area is 178 Å². The molecule has 4 heteroatoms. The molecule has 0 spiro atoms. The predicted molar refractivity (Wildman–Crippen MR) is 104 cm³/mol. The molecule has 27 heavy (non-hydrogen) atoms. The van der Waals surface area contributed by atoms with Gasteiger partial charge in [-0.3, -0.25) is 4.79 Å². The van der Waals surface area contributed by atoms with E-state index < -0.39 is 0 Å². The minimum absolute atomic E-state index is 0. The summed E-state index contributed by atoms with van der Waals surface area (Å²) in [7, 11) is 4.46. The molecule has 142 valence electrons. The van der Waals surface area contributed by atoms with Crippen LogP contribution in [0, 0.1) is 0 Å². The first-order valence-electron chi connectivity index (χ1n) is 9.32.